The molecule has 0 aliphatic heterocycles. The molecule has 0 radical (unpaired) electrons. The Morgan fingerprint density at radius 1 is 1.26 bits per heavy atom. The third-order valence-corrected chi connectivity index (χ3v) is 5.02. The highest BCUT2D eigenvalue weighted by Crippen LogP contribution is 2.31. The highest BCUT2D eigenvalue weighted by molar-refractivity contribution is 7.13. The summed E-state index contributed by atoms with van der Waals surface area (Å²) in [4.78, 5) is 12.3. The zero-order valence-corrected chi connectivity index (χ0v) is 16.7. The smallest absolute Gasteiger partial charge is 0.229 e. The molecule has 3 rings (SSSR count). The molecule has 0 aliphatic carbocycles. The summed E-state index contributed by atoms with van der Waals surface area (Å²) in [6.07, 6.45) is 2.79. The number of nitrogens with one attached hydrogen (secondary N) is 2. The summed E-state index contributed by atoms with van der Waals surface area (Å²) in [7, 11) is 4.11. The fraction of sp³-hybridized carbons (Fsp3) is 0.263. The van der Waals surface area contributed by atoms with Gasteiger partial charge in [-0.25, -0.2) is 9.37 Å². The van der Waals surface area contributed by atoms with Crippen molar-refractivity contribution in [2.45, 2.75) is 6.42 Å². The minimum atomic E-state index is -0.459. The molecule has 27 heavy (non-hydrogen) atoms. The monoisotopic (exact) mass is 405 g/mol. The number of halogens is 2. The number of nitrogens with zero attached hydrogens (tertiary/aromatic N) is 3. The maximum absolute atomic E-state index is 13.3. The molecule has 0 atom stereocenters. The van der Waals surface area contributed by atoms with Gasteiger partial charge in [0.2, 0.25) is 5.95 Å². The molecular weight excluding hydrogens is 385 g/mol. The summed E-state index contributed by atoms with van der Waals surface area (Å²) in [6, 6.07) is 8.47. The van der Waals surface area contributed by atoms with Crippen molar-refractivity contribution in [3.05, 3.63) is 52.7 Å². The first-order valence-electron chi connectivity index (χ1n) is 8.54. The number of rotatable bonds is 8. The van der Waals surface area contributed by atoms with Gasteiger partial charge in [0.05, 0.1) is 10.6 Å². The van der Waals surface area contributed by atoms with Crippen molar-refractivity contribution >= 4 is 40.4 Å². The van der Waals surface area contributed by atoms with E-state index < -0.39 is 5.82 Å². The lowest BCUT2D eigenvalue weighted by Gasteiger charge is -2.14. The third kappa shape index (κ3) is 5.38. The van der Waals surface area contributed by atoms with Gasteiger partial charge in [0, 0.05) is 23.3 Å². The van der Waals surface area contributed by atoms with Crippen molar-refractivity contribution in [1.29, 1.82) is 0 Å². The van der Waals surface area contributed by atoms with Gasteiger partial charge in [-0.15, -0.1) is 11.3 Å². The van der Waals surface area contributed by atoms with Crippen LogP contribution in [0.4, 0.5) is 21.8 Å². The zero-order chi connectivity index (χ0) is 19.2. The number of benzene rings is 1. The average molecular weight is 406 g/mol. The van der Waals surface area contributed by atoms with Crippen LogP contribution in [0.5, 0.6) is 0 Å². The van der Waals surface area contributed by atoms with E-state index in [1.807, 2.05) is 17.5 Å². The van der Waals surface area contributed by atoms with Crippen LogP contribution in [0.3, 0.4) is 0 Å². The summed E-state index contributed by atoms with van der Waals surface area (Å²) in [6.45, 7) is 1.79. The van der Waals surface area contributed by atoms with Gasteiger partial charge in [-0.3, -0.25) is 0 Å². The minimum absolute atomic E-state index is 0.0530. The summed E-state index contributed by atoms with van der Waals surface area (Å²) >= 11 is 7.48. The van der Waals surface area contributed by atoms with E-state index in [4.69, 9.17) is 11.6 Å². The standard InChI is InChI=1S/C19H21ClFN5S/c1-26(2)9-4-8-22-18-14(17-5-3-10-27-17)12-23-19(25-18)24-13-6-7-16(21)15(20)11-13/h3,5-7,10-12H,4,8-9H2,1-2H3,(H2,22,23,24,25). The van der Waals surface area contributed by atoms with Crippen LogP contribution < -0.4 is 10.6 Å². The Balaban J connectivity index is 1.81. The van der Waals surface area contributed by atoms with Gasteiger partial charge in [0.15, 0.2) is 0 Å². The van der Waals surface area contributed by atoms with Crippen molar-refractivity contribution < 1.29 is 4.39 Å². The maximum Gasteiger partial charge on any atom is 0.229 e. The Labute approximate surface area is 167 Å². The first-order chi connectivity index (χ1) is 13.0. The molecule has 2 N–H and O–H groups in total. The Bertz CT molecular complexity index is 886. The first kappa shape index (κ1) is 19.5. The predicted molar refractivity (Wildman–Crippen MR) is 112 cm³/mol. The number of hydrogen-bond donors (Lipinski definition) is 2. The van der Waals surface area contributed by atoms with Gasteiger partial charge < -0.3 is 15.5 Å². The van der Waals surface area contributed by atoms with E-state index in [0.29, 0.717) is 11.6 Å². The molecule has 0 bridgehead atoms. The van der Waals surface area contributed by atoms with Crippen LogP contribution in [0.15, 0.2) is 41.9 Å². The van der Waals surface area contributed by atoms with Crippen molar-refractivity contribution in [2.75, 3.05) is 37.8 Å². The van der Waals surface area contributed by atoms with Crippen LogP contribution in [0, 0.1) is 5.82 Å². The first-order valence-corrected chi connectivity index (χ1v) is 9.80. The van der Waals surface area contributed by atoms with Gasteiger partial charge in [-0.05, 0) is 56.7 Å². The second-order valence-electron chi connectivity index (χ2n) is 6.27. The van der Waals surface area contributed by atoms with E-state index in [-0.39, 0.29) is 5.02 Å². The quantitative estimate of drug-likeness (QED) is 0.510. The van der Waals surface area contributed by atoms with E-state index in [1.54, 1.807) is 23.6 Å². The highest BCUT2D eigenvalue weighted by atomic mass is 35.5. The zero-order valence-electron chi connectivity index (χ0n) is 15.2. The van der Waals surface area contributed by atoms with Crippen LogP contribution in [-0.2, 0) is 0 Å². The molecule has 2 heterocycles. The lowest BCUT2D eigenvalue weighted by Crippen LogP contribution is -2.17. The van der Waals surface area contributed by atoms with Crippen LogP contribution in [-0.4, -0.2) is 42.1 Å². The molecule has 5 nitrogen and oxygen atoms in total. The molecule has 0 saturated carbocycles. The van der Waals surface area contributed by atoms with Crippen molar-refractivity contribution in [3.63, 3.8) is 0 Å². The summed E-state index contributed by atoms with van der Waals surface area (Å²) in [5, 5.41) is 8.56. The molecule has 142 valence electrons. The summed E-state index contributed by atoms with van der Waals surface area (Å²) < 4.78 is 13.3. The van der Waals surface area contributed by atoms with Gasteiger partial charge >= 0.3 is 0 Å². The molecule has 3 aromatic rings. The van der Waals surface area contributed by atoms with E-state index in [0.717, 1.165) is 35.8 Å². The number of hydrogen-bond acceptors (Lipinski definition) is 6. The van der Waals surface area contributed by atoms with Crippen molar-refractivity contribution in [3.8, 4) is 10.4 Å². The van der Waals surface area contributed by atoms with Gasteiger partial charge in [-0.2, -0.15) is 4.98 Å². The van der Waals surface area contributed by atoms with Crippen LogP contribution in [0.2, 0.25) is 5.02 Å². The fourth-order valence-corrected chi connectivity index (χ4v) is 3.41. The maximum atomic E-state index is 13.3. The van der Waals surface area contributed by atoms with Crippen LogP contribution >= 0.6 is 22.9 Å². The van der Waals surface area contributed by atoms with Gasteiger partial charge in [0.25, 0.3) is 0 Å². The van der Waals surface area contributed by atoms with Gasteiger partial charge in [0.1, 0.15) is 11.6 Å². The Hall–Kier alpha value is -2.22. The number of thiophene rings is 1. The fourth-order valence-electron chi connectivity index (χ4n) is 2.49. The predicted octanol–water partition coefficient (Wildman–Crippen LogP) is 5.10. The molecular formula is C19H21ClFN5S. The lowest BCUT2D eigenvalue weighted by molar-refractivity contribution is 0.405. The minimum Gasteiger partial charge on any atom is -0.369 e. The van der Waals surface area contributed by atoms with Crippen LogP contribution in [0.25, 0.3) is 10.4 Å². The molecule has 2 aromatic heterocycles. The average Bonchev–Trinajstić information content (AvgIpc) is 3.16. The largest absolute Gasteiger partial charge is 0.369 e. The molecule has 0 unspecified atom stereocenters. The highest BCUT2D eigenvalue weighted by Gasteiger charge is 2.11. The Kier molecular flexibility index (Phi) is 6.60. The van der Waals surface area contributed by atoms with Crippen LogP contribution in [0.1, 0.15) is 6.42 Å². The molecule has 0 spiro atoms. The van der Waals surface area contributed by atoms with Crippen molar-refractivity contribution in [1.82, 2.24) is 14.9 Å². The molecule has 0 saturated heterocycles. The second kappa shape index (κ2) is 9.12. The number of anilines is 3. The second-order valence-corrected chi connectivity index (χ2v) is 7.63. The van der Waals surface area contributed by atoms with E-state index in [2.05, 4.69) is 39.6 Å². The molecule has 0 amide bonds. The third-order valence-electron chi connectivity index (χ3n) is 3.83. The molecule has 0 aliphatic rings. The molecule has 1 aromatic carbocycles. The number of aromatic nitrogens is 2. The SMILES string of the molecule is CN(C)CCCNc1nc(Nc2ccc(F)c(Cl)c2)ncc1-c1cccs1. The Morgan fingerprint density at radius 2 is 2.11 bits per heavy atom. The summed E-state index contributed by atoms with van der Waals surface area (Å²) in [5.41, 5.74) is 1.58. The summed E-state index contributed by atoms with van der Waals surface area (Å²) in [5.74, 6) is 0.731. The van der Waals surface area contributed by atoms with Crippen molar-refractivity contribution in [2.24, 2.45) is 0 Å². The van der Waals surface area contributed by atoms with Gasteiger partial charge in [-0.1, -0.05) is 17.7 Å². The van der Waals surface area contributed by atoms with E-state index in [9.17, 15) is 4.39 Å². The molecule has 0 fully saturated rings. The lowest BCUT2D eigenvalue weighted by atomic mass is 10.2. The topological polar surface area (TPSA) is 53.1 Å². The molecule has 8 heteroatoms. The van der Waals surface area contributed by atoms with E-state index >= 15 is 0 Å². The van der Waals surface area contributed by atoms with E-state index in [1.165, 1.54) is 12.1 Å². The normalized spacial score (nSPS) is 11.0. The Morgan fingerprint density at radius 3 is 2.81 bits per heavy atom.